The van der Waals surface area contributed by atoms with Gasteiger partial charge in [0, 0.05) is 18.4 Å². The first-order chi connectivity index (χ1) is 9.69. The van der Waals surface area contributed by atoms with E-state index in [4.69, 9.17) is 0 Å². The van der Waals surface area contributed by atoms with Crippen molar-refractivity contribution in [3.8, 4) is 0 Å². The SMILES string of the molecule is CCC1Cc2c(C)cc(C)cc2C(c2ccncc2)N1. The first-order valence-corrected chi connectivity index (χ1v) is 7.45. The Labute approximate surface area is 121 Å². The van der Waals surface area contributed by atoms with Gasteiger partial charge in [-0.2, -0.15) is 0 Å². The van der Waals surface area contributed by atoms with Gasteiger partial charge in [-0.05, 0) is 61.1 Å². The highest BCUT2D eigenvalue weighted by molar-refractivity contribution is 5.46. The fraction of sp³-hybridized carbons (Fsp3) is 0.389. The van der Waals surface area contributed by atoms with Crippen LogP contribution in [0.3, 0.4) is 0 Å². The van der Waals surface area contributed by atoms with E-state index in [2.05, 4.69) is 55.3 Å². The first-order valence-electron chi connectivity index (χ1n) is 7.45. The molecule has 2 atom stereocenters. The number of rotatable bonds is 2. The van der Waals surface area contributed by atoms with Crippen LogP contribution in [0, 0.1) is 13.8 Å². The summed E-state index contributed by atoms with van der Waals surface area (Å²) in [6.45, 7) is 6.69. The van der Waals surface area contributed by atoms with Gasteiger partial charge in [0.15, 0.2) is 0 Å². The van der Waals surface area contributed by atoms with E-state index in [9.17, 15) is 0 Å². The van der Waals surface area contributed by atoms with E-state index >= 15 is 0 Å². The number of pyridine rings is 1. The van der Waals surface area contributed by atoms with Gasteiger partial charge in [-0.15, -0.1) is 0 Å². The van der Waals surface area contributed by atoms with Crippen LogP contribution >= 0.6 is 0 Å². The molecule has 0 aliphatic carbocycles. The molecule has 2 heterocycles. The lowest BCUT2D eigenvalue weighted by molar-refractivity contribution is 0.426. The topological polar surface area (TPSA) is 24.9 Å². The number of nitrogens with one attached hydrogen (secondary N) is 1. The summed E-state index contributed by atoms with van der Waals surface area (Å²) in [7, 11) is 0. The molecular formula is C18H22N2. The minimum atomic E-state index is 0.297. The molecule has 2 heteroatoms. The van der Waals surface area contributed by atoms with Crippen LogP contribution in [-0.4, -0.2) is 11.0 Å². The molecule has 20 heavy (non-hydrogen) atoms. The van der Waals surface area contributed by atoms with Gasteiger partial charge in [-0.1, -0.05) is 24.6 Å². The molecule has 0 spiro atoms. The fourth-order valence-corrected chi connectivity index (χ4v) is 3.29. The van der Waals surface area contributed by atoms with Crippen molar-refractivity contribution in [1.29, 1.82) is 0 Å². The van der Waals surface area contributed by atoms with Crippen LogP contribution in [0.1, 0.15) is 47.2 Å². The number of hydrogen-bond donors (Lipinski definition) is 1. The number of aryl methyl sites for hydroxylation is 2. The molecule has 3 rings (SSSR count). The lowest BCUT2D eigenvalue weighted by Gasteiger charge is -2.34. The lowest BCUT2D eigenvalue weighted by Crippen LogP contribution is -2.40. The van der Waals surface area contributed by atoms with Crippen molar-refractivity contribution in [2.24, 2.45) is 0 Å². The molecule has 2 unspecified atom stereocenters. The van der Waals surface area contributed by atoms with Crippen molar-refractivity contribution in [1.82, 2.24) is 10.3 Å². The molecule has 0 bridgehead atoms. The second kappa shape index (κ2) is 5.37. The average Bonchev–Trinajstić information content (AvgIpc) is 2.47. The van der Waals surface area contributed by atoms with Crippen LogP contribution in [0.5, 0.6) is 0 Å². The van der Waals surface area contributed by atoms with Gasteiger partial charge < -0.3 is 5.32 Å². The highest BCUT2D eigenvalue weighted by Crippen LogP contribution is 2.33. The van der Waals surface area contributed by atoms with E-state index in [1.807, 2.05) is 12.4 Å². The minimum Gasteiger partial charge on any atom is -0.303 e. The highest BCUT2D eigenvalue weighted by Gasteiger charge is 2.27. The highest BCUT2D eigenvalue weighted by atomic mass is 15.0. The molecule has 1 N–H and O–H groups in total. The Morgan fingerprint density at radius 3 is 2.65 bits per heavy atom. The normalized spacial score (nSPS) is 21.6. The third kappa shape index (κ3) is 2.36. The molecule has 1 aromatic carbocycles. The second-order valence-electron chi connectivity index (χ2n) is 5.84. The first kappa shape index (κ1) is 13.3. The molecule has 1 aliphatic rings. The van der Waals surface area contributed by atoms with Crippen LogP contribution < -0.4 is 5.32 Å². The summed E-state index contributed by atoms with van der Waals surface area (Å²) in [6, 6.07) is 9.74. The van der Waals surface area contributed by atoms with Crippen molar-refractivity contribution >= 4 is 0 Å². The van der Waals surface area contributed by atoms with Gasteiger partial charge >= 0.3 is 0 Å². The van der Waals surface area contributed by atoms with Gasteiger partial charge in [-0.3, -0.25) is 4.98 Å². The number of hydrogen-bond acceptors (Lipinski definition) is 2. The van der Waals surface area contributed by atoms with Crippen molar-refractivity contribution in [3.63, 3.8) is 0 Å². The Morgan fingerprint density at radius 1 is 1.20 bits per heavy atom. The molecule has 2 nitrogen and oxygen atoms in total. The van der Waals surface area contributed by atoms with Crippen LogP contribution in [0.2, 0.25) is 0 Å². The maximum Gasteiger partial charge on any atom is 0.0582 e. The van der Waals surface area contributed by atoms with Crippen molar-refractivity contribution < 1.29 is 0 Å². The predicted molar refractivity (Wildman–Crippen MR) is 82.9 cm³/mol. The smallest absolute Gasteiger partial charge is 0.0582 e. The van der Waals surface area contributed by atoms with E-state index in [-0.39, 0.29) is 0 Å². The summed E-state index contributed by atoms with van der Waals surface area (Å²) < 4.78 is 0. The summed E-state index contributed by atoms with van der Waals surface area (Å²) in [6.07, 6.45) is 6.07. The zero-order valence-corrected chi connectivity index (χ0v) is 12.5. The summed E-state index contributed by atoms with van der Waals surface area (Å²) in [5.74, 6) is 0. The number of aromatic nitrogens is 1. The third-order valence-electron chi connectivity index (χ3n) is 4.35. The summed E-state index contributed by atoms with van der Waals surface area (Å²) in [5, 5.41) is 3.80. The lowest BCUT2D eigenvalue weighted by atomic mass is 9.83. The van der Waals surface area contributed by atoms with Crippen LogP contribution in [-0.2, 0) is 6.42 Å². The zero-order valence-electron chi connectivity index (χ0n) is 12.5. The van der Waals surface area contributed by atoms with Gasteiger partial charge in [-0.25, -0.2) is 0 Å². The van der Waals surface area contributed by atoms with Crippen LogP contribution in [0.4, 0.5) is 0 Å². The Balaban J connectivity index is 2.12. The van der Waals surface area contributed by atoms with Crippen molar-refractivity contribution in [2.45, 2.75) is 45.7 Å². The second-order valence-corrected chi connectivity index (χ2v) is 5.84. The maximum absolute atomic E-state index is 4.14. The largest absolute Gasteiger partial charge is 0.303 e. The summed E-state index contributed by atoms with van der Waals surface area (Å²) >= 11 is 0. The van der Waals surface area contributed by atoms with Crippen LogP contribution in [0.15, 0.2) is 36.7 Å². The third-order valence-corrected chi connectivity index (χ3v) is 4.35. The molecule has 0 amide bonds. The maximum atomic E-state index is 4.14. The van der Waals surface area contributed by atoms with E-state index < -0.39 is 0 Å². The molecular weight excluding hydrogens is 244 g/mol. The molecule has 1 aromatic heterocycles. The zero-order chi connectivity index (χ0) is 14.1. The Kier molecular flexibility index (Phi) is 3.58. The fourth-order valence-electron chi connectivity index (χ4n) is 3.29. The Hall–Kier alpha value is -1.67. The van der Waals surface area contributed by atoms with E-state index in [1.165, 1.54) is 27.8 Å². The monoisotopic (exact) mass is 266 g/mol. The van der Waals surface area contributed by atoms with Crippen molar-refractivity contribution in [3.05, 3.63) is 64.5 Å². The summed E-state index contributed by atoms with van der Waals surface area (Å²) in [5.41, 5.74) is 7.06. The predicted octanol–water partition coefficient (Wildman–Crippen LogP) is 3.71. The minimum absolute atomic E-state index is 0.297. The molecule has 0 saturated carbocycles. The molecule has 0 radical (unpaired) electrons. The van der Waals surface area contributed by atoms with Gasteiger partial charge in [0.2, 0.25) is 0 Å². The van der Waals surface area contributed by atoms with E-state index in [0.29, 0.717) is 12.1 Å². The standard InChI is InChI=1S/C18H22N2/c1-4-15-11-16-13(3)9-12(2)10-17(16)18(20-15)14-5-7-19-8-6-14/h5-10,15,18,20H,4,11H2,1-3H3. The molecule has 2 aromatic rings. The molecule has 0 saturated heterocycles. The Morgan fingerprint density at radius 2 is 1.95 bits per heavy atom. The Bertz CT molecular complexity index is 604. The summed E-state index contributed by atoms with van der Waals surface area (Å²) in [4.78, 5) is 4.14. The molecule has 104 valence electrons. The average molecular weight is 266 g/mol. The molecule has 0 fully saturated rings. The van der Waals surface area contributed by atoms with Crippen molar-refractivity contribution in [2.75, 3.05) is 0 Å². The number of nitrogens with zero attached hydrogens (tertiary/aromatic N) is 1. The van der Waals surface area contributed by atoms with E-state index in [1.54, 1.807) is 0 Å². The van der Waals surface area contributed by atoms with E-state index in [0.717, 1.165) is 12.8 Å². The van der Waals surface area contributed by atoms with Crippen LogP contribution in [0.25, 0.3) is 0 Å². The molecule has 1 aliphatic heterocycles. The van der Waals surface area contributed by atoms with Gasteiger partial charge in [0.25, 0.3) is 0 Å². The number of benzene rings is 1. The quantitative estimate of drug-likeness (QED) is 0.896. The van der Waals surface area contributed by atoms with Gasteiger partial charge in [0.05, 0.1) is 6.04 Å². The van der Waals surface area contributed by atoms with Gasteiger partial charge in [0.1, 0.15) is 0 Å². The number of fused-ring (bicyclic) bond motifs is 1.